The van der Waals surface area contributed by atoms with Gasteiger partial charge in [0.15, 0.2) is 6.19 Å². The van der Waals surface area contributed by atoms with Gasteiger partial charge in [0.1, 0.15) is 5.17 Å². The average molecular weight is 210 g/mol. The number of aliphatic imine (C=N–C) groups is 1. The molecule has 1 rings (SSSR count). The largest absolute Gasteiger partial charge is 0.247 e. The standard InChI is InChI=1S/C5H2Cl3N3/c6-3-1-11(2-9)5(8)10-4(3)7/h1,5H. The van der Waals surface area contributed by atoms with Gasteiger partial charge in [-0.1, -0.05) is 34.8 Å². The SMILES string of the molecule is N#CN1C=C(Cl)C(Cl)=NC1Cl. The molecule has 0 aliphatic carbocycles. The number of nitriles is 1. The first-order valence-electron chi connectivity index (χ1n) is 2.58. The smallest absolute Gasteiger partial charge is 0.211 e. The molecule has 0 aromatic carbocycles. The Labute approximate surface area is 78.5 Å². The molecule has 0 amide bonds. The second-order valence-electron chi connectivity index (χ2n) is 1.71. The Kier molecular flexibility index (Phi) is 2.61. The maximum absolute atomic E-state index is 8.44. The van der Waals surface area contributed by atoms with Gasteiger partial charge in [0.25, 0.3) is 0 Å². The van der Waals surface area contributed by atoms with Crippen LogP contribution < -0.4 is 0 Å². The summed E-state index contributed by atoms with van der Waals surface area (Å²) >= 11 is 16.6. The predicted molar refractivity (Wildman–Crippen MR) is 44.3 cm³/mol. The van der Waals surface area contributed by atoms with Crippen LogP contribution in [0, 0.1) is 11.5 Å². The van der Waals surface area contributed by atoms with Crippen molar-refractivity contribution in [2.24, 2.45) is 4.99 Å². The molecule has 0 radical (unpaired) electrons. The van der Waals surface area contributed by atoms with Crippen LogP contribution in [-0.4, -0.2) is 15.7 Å². The van der Waals surface area contributed by atoms with Gasteiger partial charge in [-0.25, -0.2) is 9.89 Å². The Hall–Kier alpha value is -0.430. The van der Waals surface area contributed by atoms with Crippen molar-refractivity contribution in [1.29, 1.82) is 5.26 Å². The number of nitrogens with zero attached hydrogens (tertiary/aromatic N) is 3. The van der Waals surface area contributed by atoms with E-state index in [1.54, 1.807) is 6.19 Å². The maximum Gasteiger partial charge on any atom is 0.211 e. The second-order valence-corrected chi connectivity index (χ2v) is 2.87. The molecule has 0 aromatic rings. The molecule has 6 heteroatoms. The van der Waals surface area contributed by atoms with E-state index in [1.165, 1.54) is 6.20 Å². The van der Waals surface area contributed by atoms with Crippen molar-refractivity contribution in [3.8, 4) is 6.19 Å². The predicted octanol–water partition coefficient (Wildman–Crippen LogP) is 2.02. The molecule has 1 atom stereocenters. The minimum absolute atomic E-state index is 0.123. The number of allylic oxidation sites excluding steroid dienone is 1. The minimum atomic E-state index is -0.782. The molecule has 1 aliphatic heterocycles. The minimum Gasteiger partial charge on any atom is -0.247 e. The van der Waals surface area contributed by atoms with Gasteiger partial charge in [0.05, 0.1) is 5.03 Å². The zero-order valence-electron chi connectivity index (χ0n) is 5.13. The average Bonchev–Trinajstić information content (AvgIpc) is 1.97. The molecule has 0 bridgehead atoms. The van der Waals surface area contributed by atoms with Gasteiger partial charge in [-0.05, 0) is 0 Å². The van der Waals surface area contributed by atoms with Crippen LogP contribution in [0.4, 0.5) is 0 Å². The zero-order valence-corrected chi connectivity index (χ0v) is 7.40. The molecule has 0 fully saturated rings. The topological polar surface area (TPSA) is 39.4 Å². The molecular weight excluding hydrogens is 208 g/mol. The normalized spacial score (nSPS) is 23.8. The third kappa shape index (κ3) is 1.78. The van der Waals surface area contributed by atoms with Crippen molar-refractivity contribution in [1.82, 2.24) is 4.90 Å². The Bertz CT molecular complexity index is 265. The van der Waals surface area contributed by atoms with E-state index >= 15 is 0 Å². The molecule has 0 saturated carbocycles. The molecule has 58 valence electrons. The van der Waals surface area contributed by atoms with Gasteiger partial charge in [-0.2, -0.15) is 5.26 Å². The summed E-state index contributed by atoms with van der Waals surface area (Å²) in [5, 5.41) is 8.78. The van der Waals surface area contributed by atoms with E-state index in [0.29, 0.717) is 0 Å². The summed E-state index contributed by atoms with van der Waals surface area (Å²) in [6.45, 7) is 0. The van der Waals surface area contributed by atoms with Gasteiger partial charge in [0.2, 0.25) is 5.62 Å². The Morgan fingerprint density at radius 3 is 2.82 bits per heavy atom. The van der Waals surface area contributed by atoms with Crippen LogP contribution in [0.5, 0.6) is 0 Å². The molecule has 3 nitrogen and oxygen atoms in total. The molecular formula is C5H2Cl3N3. The van der Waals surface area contributed by atoms with Gasteiger partial charge in [-0.3, -0.25) is 0 Å². The van der Waals surface area contributed by atoms with E-state index in [4.69, 9.17) is 40.1 Å². The summed E-state index contributed by atoms with van der Waals surface area (Å²) in [5.74, 6) is 0. The van der Waals surface area contributed by atoms with Crippen LogP contribution in [0.1, 0.15) is 0 Å². The van der Waals surface area contributed by atoms with Crippen LogP contribution in [0.3, 0.4) is 0 Å². The number of hydrogen-bond donors (Lipinski definition) is 0. The van der Waals surface area contributed by atoms with Gasteiger partial charge in [0, 0.05) is 6.20 Å². The van der Waals surface area contributed by atoms with Crippen LogP contribution in [-0.2, 0) is 0 Å². The first-order chi connectivity index (χ1) is 5.15. The lowest BCUT2D eigenvalue weighted by atomic mass is 10.5. The maximum atomic E-state index is 8.44. The van der Waals surface area contributed by atoms with Crippen LogP contribution in [0.2, 0.25) is 0 Å². The highest BCUT2D eigenvalue weighted by Crippen LogP contribution is 2.20. The molecule has 1 aliphatic rings. The summed E-state index contributed by atoms with van der Waals surface area (Å²) in [4.78, 5) is 4.76. The van der Waals surface area contributed by atoms with Crippen LogP contribution in [0.25, 0.3) is 0 Å². The van der Waals surface area contributed by atoms with E-state index in [2.05, 4.69) is 4.99 Å². The van der Waals surface area contributed by atoms with Crippen molar-refractivity contribution in [3.05, 3.63) is 11.2 Å². The molecule has 1 unspecified atom stereocenters. The van der Waals surface area contributed by atoms with Crippen molar-refractivity contribution in [2.75, 3.05) is 0 Å². The number of alkyl halides is 1. The molecule has 0 saturated heterocycles. The number of rotatable bonds is 0. The first kappa shape index (κ1) is 8.66. The van der Waals surface area contributed by atoms with Crippen molar-refractivity contribution < 1.29 is 0 Å². The number of halogens is 3. The fraction of sp³-hybridized carbons (Fsp3) is 0.200. The molecule has 0 N–H and O–H groups in total. The summed E-state index contributed by atoms with van der Waals surface area (Å²) in [5.41, 5.74) is -0.782. The summed E-state index contributed by atoms with van der Waals surface area (Å²) in [6.07, 6.45) is 3.11. The zero-order chi connectivity index (χ0) is 8.43. The Balaban J connectivity index is 2.90. The van der Waals surface area contributed by atoms with Crippen LogP contribution >= 0.6 is 34.8 Å². The second kappa shape index (κ2) is 3.31. The third-order valence-electron chi connectivity index (χ3n) is 1.01. The molecule has 0 spiro atoms. The number of hydrogen-bond acceptors (Lipinski definition) is 3. The van der Waals surface area contributed by atoms with E-state index in [9.17, 15) is 0 Å². The lowest BCUT2D eigenvalue weighted by Gasteiger charge is -2.18. The van der Waals surface area contributed by atoms with Crippen molar-refractivity contribution in [3.63, 3.8) is 0 Å². The monoisotopic (exact) mass is 209 g/mol. The summed E-state index contributed by atoms with van der Waals surface area (Å²) < 4.78 is 0. The fourth-order valence-corrected chi connectivity index (χ4v) is 1.07. The van der Waals surface area contributed by atoms with Crippen molar-refractivity contribution in [2.45, 2.75) is 5.62 Å². The highest BCUT2D eigenvalue weighted by molar-refractivity contribution is 6.76. The Morgan fingerprint density at radius 1 is 1.64 bits per heavy atom. The third-order valence-corrected chi connectivity index (χ3v) is 2.00. The van der Waals surface area contributed by atoms with E-state index in [1.807, 2.05) is 0 Å². The molecule has 11 heavy (non-hydrogen) atoms. The fourth-order valence-electron chi connectivity index (χ4n) is 0.531. The lowest BCUT2D eigenvalue weighted by molar-refractivity contribution is 0.490. The summed E-state index contributed by atoms with van der Waals surface area (Å²) in [6, 6.07) is 0. The van der Waals surface area contributed by atoms with E-state index in [0.717, 1.165) is 4.90 Å². The quantitative estimate of drug-likeness (QED) is 0.349. The molecule has 1 heterocycles. The Morgan fingerprint density at radius 2 is 2.27 bits per heavy atom. The summed E-state index contributed by atoms with van der Waals surface area (Å²) in [7, 11) is 0. The van der Waals surface area contributed by atoms with E-state index in [-0.39, 0.29) is 10.2 Å². The van der Waals surface area contributed by atoms with Crippen LogP contribution in [0.15, 0.2) is 16.2 Å². The molecule has 0 aromatic heterocycles. The van der Waals surface area contributed by atoms with Gasteiger partial charge in [-0.15, -0.1) is 0 Å². The van der Waals surface area contributed by atoms with Crippen molar-refractivity contribution >= 4 is 40.0 Å². The van der Waals surface area contributed by atoms with Gasteiger partial charge >= 0.3 is 0 Å². The van der Waals surface area contributed by atoms with Gasteiger partial charge < -0.3 is 0 Å². The van der Waals surface area contributed by atoms with E-state index < -0.39 is 5.62 Å². The lowest BCUT2D eigenvalue weighted by Crippen LogP contribution is -2.24. The highest BCUT2D eigenvalue weighted by atomic mass is 35.5. The highest BCUT2D eigenvalue weighted by Gasteiger charge is 2.18. The first-order valence-corrected chi connectivity index (χ1v) is 3.77.